The molecule has 120 heavy (non-hydrogen) atoms. The van der Waals surface area contributed by atoms with Gasteiger partial charge in [-0.05, 0) is 226 Å². The average Bonchev–Trinajstić information content (AvgIpc) is 0.829. The van der Waals surface area contributed by atoms with Crippen molar-refractivity contribution in [2.24, 2.45) is 26.4 Å². The number of carbonyl (C=O) groups excluding carboxylic acids is 1. The molecule has 0 saturated carbocycles. The Hall–Kier alpha value is -10.4. The van der Waals surface area contributed by atoms with Gasteiger partial charge in [-0.15, -0.1) is 0 Å². The molecule has 0 atom stereocenters. The molecule has 0 aliphatic rings. The van der Waals surface area contributed by atoms with E-state index in [1.54, 1.807) is 42.5 Å². The SMILES string of the molecule is C.CC(C)=N[Si](C)(C)C.NCc1nc(N)nc(-c2ccc(F)cc2)c1Br.NN.Nc1nc(Cl)c(Br)c(-c2ccc(F)cc2)n1.Nc1nc(Cl)cc(-c2ccc(F)cc2)n1.Nc1nc(Cl)cc(Cl)n1.Nc1nc(NNC(=O)Cc2ncccc2F)c(Br)c(-c2ccc(F)cc2)n1.O.O=C(O)Cc1ncccc1F.OB(O)c1ccc(F)cc1.[B]=NS. The molecule has 23 N–H and O–H groups in total. The summed E-state index contributed by atoms with van der Waals surface area (Å²) in [7, 11) is 1.69. The standard InChI is InChI=1S/C17H13BrF2N6O.C11H10BrFN4.C10H6BrClFN3.C10H7ClFN3.C7H6FNO2.C6H6BFO2.C6H15NSi.C4H3Cl2N3.CH4.BHNS.H4N2.H2O/c18-14-15(9-3-5-10(19)6-4-9)23-17(21)24-16(14)26-25-13(27)8-12-11(20)2-1-7-22-12;12-9-8(5-14)16-11(15)17-10(9)6-1-3-7(13)4-2-6;11-7-8(15-10(14)16-9(7)12)5-1-3-6(13)4-2-5;11-9-5-8(14-10(13)15-9)6-1-3-7(12)4-2-6;8-5-2-1-3-9-6(5)4-7(10)11;8-6-3-1-5(2-4-6)7(9)10;1-6(2)7-8(3,4)5;5-2-1-3(6)9-4(7)8-2;;1-2-3;1-2;/h1-7H,8H2,(H,25,27)(H3,21,23,24,26);1-4H,5,14H2,(H2,15,16,17);1-4H,(H2,14,15,16);1-5H,(H2,13,14,15);1-3H,4H2,(H,10,11);1-4,9-10H;1-5H3;1H,(H2,7,8,9);1H4;3H;1-2H2;1H2. The van der Waals surface area contributed by atoms with Crippen molar-refractivity contribution in [3.8, 4) is 45.0 Å². The summed E-state index contributed by atoms with van der Waals surface area (Å²) >= 11 is 35.6. The number of carboxylic acids is 1. The molecule has 1 amide bonds. The predicted molar refractivity (Wildman–Crippen MR) is 474 cm³/mol. The Morgan fingerprint density at radius 3 is 1.23 bits per heavy atom. The van der Waals surface area contributed by atoms with Gasteiger partial charge in [0.25, 0.3) is 0 Å². The first kappa shape index (κ1) is 108. The molecule has 12 rings (SSSR count). The van der Waals surface area contributed by atoms with Gasteiger partial charge < -0.3 is 59.7 Å². The number of nitrogens with zero attached hydrogens (tertiary/aromatic N) is 14. The first-order valence-corrected chi connectivity index (χ1v) is 40.5. The van der Waals surface area contributed by atoms with E-state index in [1.165, 1.54) is 133 Å². The number of thiol groups is 1. The van der Waals surface area contributed by atoms with Gasteiger partial charge in [0.15, 0.2) is 14.1 Å². The second-order valence-electron chi connectivity index (χ2n) is 23.4. The molecule has 5 aromatic carbocycles. The monoisotopic (exact) mass is 1970 g/mol. The van der Waals surface area contributed by atoms with Gasteiger partial charge in [0.05, 0.1) is 66.1 Å². The van der Waals surface area contributed by atoms with Crippen LogP contribution in [-0.2, 0) is 29.0 Å². The summed E-state index contributed by atoms with van der Waals surface area (Å²) in [4.78, 5) is 68.5. The zero-order chi connectivity index (χ0) is 88.5. The van der Waals surface area contributed by atoms with Crippen LogP contribution >= 0.6 is 107 Å². The topological polar surface area (TPSA) is 538 Å². The Morgan fingerprint density at radius 1 is 0.517 bits per heavy atom. The first-order valence-electron chi connectivity index (χ1n) is 32.8. The molecule has 12 aromatic rings. The van der Waals surface area contributed by atoms with Crippen molar-refractivity contribution in [1.82, 2.24) is 65.2 Å². The number of hydrogen-bond acceptors (Lipinski definition) is 28. The van der Waals surface area contributed by atoms with Gasteiger partial charge in [-0.1, -0.05) is 66.0 Å². The molecule has 0 unspecified atom stereocenters. The number of carboxylic acid groups (broad SMARTS) is 1. The van der Waals surface area contributed by atoms with Gasteiger partial charge in [-0.3, -0.25) is 42.1 Å². The summed E-state index contributed by atoms with van der Waals surface area (Å²) in [5, 5.41) is 26.4. The molecule has 7 aromatic heterocycles. The summed E-state index contributed by atoms with van der Waals surface area (Å²) in [5.74, 6) is 4.12. The molecule has 635 valence electrons. The van der Waals surface area contributed by atoms with Crippen LogP contribution in [0.25, 0.3) is 45.0 Å². The van der Waals surface area contributed by atoms with Gasteiger partial charge >= 0.3 is 37.8 Å². The van der Waals surface area contributed by atoms with E-state index in [1.807, 2.05) is 0 Å². The molecular weight excluding hydrogens is 1890 g/mol. The molecule has 0 fully saturated rings. The van der Waals surface area contributed by atoms with Crippen LogP contribution in [-0.4, -0.2) is 121 Å². The first-order chi connectivity index (χ1) is 55.7. The number of pyridine rings is 2. The van der Waals surface area contributed by atoms with E-state index < -0.39 is 38.9 Å². The van der Waals surface area contributed by atoms with Crippen LogP contribution in [0.1, 0.15) is 38.4 Å². The fourth-order valence-electron chi connectivity index (χ4n) is 8.51. The summed E-state index contributed by atoms with van der Waals surface area (Å²) in [6.45, 7) is 11.1. The molecule has 0 saturated heterocycles. The summed E-state index contributed by atoms with van der Waals surface area (Å²) in [6, 6.07) is 36.7. The predicted octanol–water partition coefficient (Wildman–Crippen LogP) is 13.6. The van der Waals surface area contributed by atoms with E-state index in [0.29, 0.717) is 58.5 Å². The van der Waals surface area contributed by atoms with Gasteiger partial charge in [0.1, 0.15) is 61.3 Å². The Bertz CT molecular complexity index is 5190. The molecule has 48 heteroatoms. The van der Waals surface area contributed by atoms with E-state index in [-0.39, 0.29) is 129 Å². The van der Waals surface area contributed by atoms with Crippen LogP contribution in [0.4, 0.5) is 66.3 Å². The molecule has 0 aliphatic carbocycles. The summed E-state index contributed by atoms with van der Waals surface area (Å²) < 4.78 is 98.6. The van der Waals surface area contributed by atoms with Crippen molar-refractivity contribution in [3.63, 3.8) is 0 Å². The van der Waals surface area contributed by atoms with Gasteiger partial charge in [0, 0.05) is 53.3 Å². The summed E-state index contributed by atoms with van der Waals surface area (Å²) in [5.41, 5.74) is 45.1. The van der Waals surface area contributed by atoms with E-state index in [0.717, 1.165) is 11.1 Å². The third kappa shape index (κ3) is 40.6. The van der Waals surface area contributed by atoms with E-state index in [2.05, 4.69) is 193 Å². The maximum absolute atomic E-state index is 13.6. The number of amides is 1. The number of halogens is 14. The fourth-order valence-corrected chi connectivity index (χ4v) is 12.1. The molecular formula is C72H77B2Br3Cl4F7N24O6SSi. The summed E-state index contributed by atoms with van der Waals surface area (Å²) in [6.07, 6.45) is 2.13. The Balaban J connectivity index is 0.000000698. The molecule has 1 radical (unpaired) electrons. The number of hydrazine groups is 2. The van der Waals surface area contributed by atoms with Gasteiger partial charge in [-0.25, -0.2) is 75.6 Å². The van der Waals surface area contributed by atoms with E-state index in [9.17, 15) is 40.3 Å². The number of nitrogens with one attached hydrogen (secondary N) is 2. The van der Waals surface area contributed by atoms with Crippen molar-refractivity contribution >= 4 is 189 Å². The van der Waals surface area contributed by atoms with Crippen molar-refractivity contribution in [1.29, 1.82) is 0 Å². The zero-order valence-corrected chi connectivity index (χ0v) is 72.4. The number of nitrogens with two attached hydrogens (primary N) is 8. The van der Waals surface area contributed by atoms with Crippen LogP contribution < -0.4 is 62.4 Å². The third-order valence-corrected chi connectivity index (χ3v) is 17.6. The van der Waals surface area contributed by atoms with Crippen molar-refractivity contribution in [2.45, 2.75) is 60.3 Å². The second-order valence-corrected chi connectivity index (χ2v) is 32.1. The number of anilines is 6. The molecule has 7 heterocycles. The second kappa shape index (κ2) is 55.4. The normalized spacial score (nSPS) is 9.80. The number of benzene rings is 5. The van der Waals surface area contributed by atoms with Crippen LogP contribution in [0.15, 0.2) is 192 Å². The molecule has 0 spiro atoms. The number of carbonyl (C=O) groups is 2. The van der Waals surface area contributed by atoms with E-state index >= 15 is 0 Å². The Kier molecular flexibility index (Phi) is 49.7. The average molecular weight is 1970 g/mol. The number of aliphatic carboxylic acids is 1. The number of rotatable bonds is 13. The molecule has 30 nitrogen and oxygen atoms in total. The van der Waals surface area contributed by atoms with Crippen LogP contribution in [0.3, 0.4) is 0 Å². The quantitative estimate of drug-likeness (QED) is 0.00969. The van der Waals surface area contributed by atoms with E-state index in [4.69, 9.17) is 96.0 Å². The van der Waals surface area contributed by atoms with Crippen LogP contribution in [0, 0.1) is 40.7 Å². The zero-order valence-electron chi connectivity index (χ0n) is 62.7. The Morgan fingerprint density at radius 2 is 0.867 bits per heavy atom. The fraction of sp³-hybridized carbons (Fsp3) is 0.125. The van der Waals surface area contributed by atoms with Gasteiger partial charge in [0.2, 0.25) is 35.6 Å². The maximum atomic E-state index is 13.6. The number of hydrogen-bond donors (Lipinski definition) is 14. The minimum atomic E-state index is -1.51. The van der Waals surface area contributed by atoms with Crippen molar-refractivity contribution in [3.05, 3.63) is 262 Å². The van der Waals surface area contributed by atoms with Crippen molar-refractivity contribution in [2.75, 3.05) is 34.1 Å². The minimum absolute atomic E-state index is 0. The molecule has 0 bridgehead atoms. The van der Waals surface area contributed by atoms with Crippen LogP contribution in [0.5, 0.6) is 0 Å². The van der Waals surface area contributed by atoms with Crippen molar-refractivity contribution < 1.29 is 61.0 Å². The number of nitrogen functional groups attached to an aromatic ring is 5. The molecule has 0 aliphatic heterocycles. The van der Waals surface area contributed by atoms with Crippen LogP contribution in [0.2, 0.25) is 40.3 Å². The number of aromatic nitrogens is 12. The van der Waals surface area contributed by atoms with Gasteiger partial charge in [-0.2, -0.15) is 4.98 Å². The third-order valence-electron chi connectivity index (χ3n) is 13.1. The Labute approximate surface area is 737 Å².